The number of carbonyl (C=O) groups is 2. The average Bonchev–Trinajstić information content (AvgIpc) is 2.72. The van der Waals surface area contributed by atoms with Gasteiger partial charge >= 0.3 is 6.09 Å². The number of hydrogen-bond acceptors (Lipinski definition) is 4. The maximum atomic E-state index is 12.6. The average molecular weight is 403 g/mol. The van der Waals surface area contributed by atoms with E-state index in [9.17, 15) is 9.59 Å². The number of amides is 2. The summed E-state index contributed by atoms with van der Waals surface area (Å²) in [5.41, 5.74) is 0.237. The SMILES string of the molecule is CC(C)(C)OC(=O)N1CCCC(COc2ccc(C(=O)N3CCCCC3)cc2)C1. The van der Waals surface area contributed by atoms with Crippen LogP contribution in [0.4, 0.5) is 4.79 Å². The molecule has 1 unspecified atom stereocenters. The minimum atomic E-state index is -0.478. The summed E-state index contributed by atoms with van der Waals surface area (Å²) in [4.78, 5) is 28.6. The number of carbonyl (C=O) groups excluding carboxylic acids is 2. The van der Waals surface area contributed by atoms with Crippen molar-refractivity contribution in [3.8, 4) is 5.75 Å². The molecule has 160 valence electrons. The van der Waals surface area contributed by atoms with Crippen molar-refractivity contribution < 1.29 is 19.1 Å². The summed E-state index contributed by atoms with van der Waals surface area (Å²) < 4.78 is 11.4. The zero-order valence-electron chi connectivity index (χ0n) is 18.0. The summed E-state index contributed by atoms with van der Waals surface area (Å²) in [5.74, 6) is 1.15. The first kappa shape index (κ1) is 21.5. The molecule has 0 saturated carbocycles. The van der Waals surface area contributed by atoms with Gasteiger partial charge in [-0.15, -0.1) is 0 Å². The van der Waals surface area contributed by atoms with E-state index in [1.807, 2.05) is 49.9 Å². The number of ether oxygens (including phenoxy) is 2. The van der Waals surface area contributed by atoms with Crippen molar-refractivity contribution in [1.82, 2.24) is 9.80 Å². The van der Waals surface area contributed by atoms with Crippen molar-refractivity contribution in [3.63, 3.8) is 0 Å². The van der Waals surface area contributed by atoms with Crippen LogP contribution >= 0.6 is 0 Å². The molecule has 6 heteroatoms. The summed E-state index contributed by atoms with van der Waals surface area (Å²) in [7, 11) is 0. The van der Waals surface area contributed by atoms with E-state index in [-0.39, 0.29) is 17.9 Å². The summed E-state index contributed by atoms with van der Waals surface area (Å²) in [5, 5.41) is 0. The second-order valence-electron chi connectivity index (χ2n) is 9.12. The number of rotatable bonds is 4. The molecule has 3 rings (SSSR count). The van der Waals surface area contributed by atoms with Gasteiger partial charge in [-0.3, -0.25) is 4.79 Å². The van der Waals surface area contributed by atoms with Gasteiger partial charge in [0.05, 0.1) is 6.61 Å². The fourth-order valence-corrected chi connectivity index (χ4v) is 3.88. The van der Waals surface area contributed by atoms with E-state index < -0.39 is 5.60 Å². The Balaban J connectivity index is 1.48. The van der Waals surface area contributed by atoms with Crippen LogP contribution in [-0.4, -0.2) is 60.2 Å². The number of benzene rings is 1. The van der Waals surface area contributed by atoms with Gasteiger partial charge in [0.2, 0.25) is 0 Å². The van der Waals surface area contributed by atoms with Gasteiger partial charge in [-0.25, -0.2) is 4.79 Å². The van der Waals surface area contributed by atoms with Gasteiger partial charge in [-0.05, 0) is 77.1 Å². The number of piperidine rings is 2. The van der Waals surface area contributed by atoms with Crippen LogP contribution in [0.2, 0.25) is 0 Å². The van der Waals surface area contributed by atoms with Crippen molar-refractivity contribution in [2.45, 2.75) is 58.5 Å². The van der Waals surface area contributed by atoms with E-state index >= 15 is 0 Å². The first-order valence-electron chi connectivity index (χ1n) is 10.8. The maximum Gasteiger partial charge on any atom is 0.410 e. The first-order chi connectivity index (χ1) is 13.8. The van der Waals surface area contributed by atoms with Crippen molar-refractivity contribution in [2.24, 2.45) is 5.92 Å². The van der Waals surface area contributed by atoms with Crippen LogP contribution < -0.4 is 4.74 Å². The predicted octanol–water partition coefficient (Wildman–Crippen LogP) is 4.34. The van der Waals surface area contributed by atoms with Crippen LogP contribution in [0.3, 0.4) is 0 Å². The first-order valence-corrected chi connectivity index (χ1v) is 10.8. The van der Waals surface area contributed by atoms with Gasteiger partial charge in [-0.1, -0.05) is 0 Å². The molecule has 0 aliphatic carbocycles. The van der Waals surface area contributed by atoms with Crippen LogP contribution in [0, 0.1) is 5.92 Å². The third kappa shape index (κ3) is 6.38. The third-order valence-corrected chi connectivity index (χ3v) is 5.40. The molecule has 2 saturated heterocycles. The molecular weight excluding hydrogens is 368 g/mol. The van der Waals surface area contributed by atoms with Gasteiger partial charge in [0.1, 0.15) is 11.4 Å². The highest BCUT2D eigenvalue weighted by molar-refractivity contribution is 5.94. The Labute approximate surface area is 174 Å². The van der Waals surface area contributed by atoms with Gasteiger partial charge in [0, 0.05) is 37.7 Å². The number of likely N-dealkylation sites (tertiary alicyclic amines) is 2. The minimum absolute atomic E-state index is 0.108. The highest BCUT2D eigenvalue weighted by Crippen LogP contribution is 2.22. The molecule has 1 atom stereocenters. The number of hydrogen-bond donors (Lipinski definition) is 0. The summed E-state index contributed by atoms with van der Waals surface area (Å²) in [6.45, 7) is 9.30. The van der Waals surface area contributed by atoms with E-state index in [2.05, 4.69) is 0 Å². The highest BCUT2D eigenvalue weighted by atomic mass is 16.6. The Morgan fingerprint density at radius 3 is 2.28 bits per heavy atom. The minimum Gasteiger partial charge on any atom is -0.493 e. The molecule has 2 aliphatic heterocycles. The van der Waals surface area contributed by atoms with Crippen LogP contribution in [0.5, 0.6) is 5.75 Å². The van der Waals surface area contributed by atoms with Crippen molar-refractivity contribution in [3.05, 3.63) is 29.8 Å². The van der Waals surface area contributed by atoms with Gasteiger partial charge in [0.15, 0.2) is 0 Å². The number of nitrogens with zero attached hydrogens (tertiary/aromatic N) is 2. The van der Waals surface area contributed by atoms with Gasteiger partial charge in [0.25, 0.3) is 5.91 Å². The monoisotopic (exact) mass is 402 g/mol. The standard InChI is InChI=1S/C23H34N2O4/c1-23(2,3)29-22(27)25-15-7-8-18(16-25)17-28-20-11-9-19(10-12-20)21(26)24-13-5-4-6-14-24/h9-12,18H,4-8,13-17H2,1-3H3. The van der Waals surface area contributed by atoms with E-state index in [1.54, 1.807) is 4.90 Å². The van der Waals surface area contributed by atoms with Crippen LogP contribution in [0.1, 0.15) is 63.2 Å². The summed E-state index contributed by atoms with van der Waals surface area (Å²) >= 11 is 0. The molecule has 0 aromatic heterocycles. The van der Waals surface area contributed by atoms with E-state index in [1.165, 1.54) is 6.42 Å². The van der Waals surface area contributed by atoms with Gasteiger partial charge < -0.3 is 19.3 Å². The molecule has 0 spiro atoms. The fourth-order valence-electron chi connectivity index (χ4n) is 3.88. The Kier molecular flexibility index (Phi) is 7.04. The van der Waals surface area contributed by atoms with Crippen LogP contribution in [0.15, 0.2) is 24.3 Å². The Hall–Kier alpha value is -2.24. The lowest BCUT2D eigenvalue weighted by atomic mass is 9.99. The van der Waals surface area contributed by atoms with Crippen molar-refractivity contribution >= 4 is 12.0 Å². The molecule has 2 amide bonds. The third-order valence-electron chi connectivity index (χ3n) is 5.40. The summed E-state index contributed by atoms with van der Waals surface area (Å²) in [6.07, 6.45) is 5.14. The molecular formula is C23H34N2O4. The Morgan fingerprint density at radius 1 is 0.966 bits per heavy atom. The summed E-state index contributed by atoms with van der Waals surface area (Å²) in [6, 6.07) is 7.43. The predicted molar refractivity (Wildman–Crippen MR) is 112 cm³/mol. The molecule has 2 heterocycles. The second kappa shape index (κ2) is 9.51. The quantitative estimate of drug-likeness (QED) is 0.752. The molecule has 29 heavy (non-hydrogen) atoms. The smallest absolute Gasteiger partial charge is 0.410 e. The second-order valence-corrected chi connectivity index (χ2v) is 9.12. The van der Waals surface area contributed by atoms with E-state index in [0.29, 0.717) is 18.7 Å². The Bertz CT molecular complexity index is 690. The zero-order chi connectivity index (χ0) is 20.9. The molecule has 6 nitrogen and oxygen atoms in total. The lowest BCUT2D eigenvalue weighted by Gasteiger charge is -2.34. The molecule has 1 aromatic rings. The molecule has 0 bridgehead atoms. The fraction of sp³-hybridized carbons (Fsp3) is 0.652. The van der Waals surface area contributed by atoms with E-state index in [4.69, 9.17) is 9.47 Å². The molecule has 0 radical (unpaired) electrons. The van der Waals surface area contributed by atoms with Crippen molar-refractivity contribution in [1.29, 1.82) is 0 Å². The largest absolute Gasteiger partial charge is 0.493 e. The van der Waals surface area contributed by atoms with Crippen LogP contribution in [-0.2, 0) is 4.74 Å². The Morgan fingerprint density at radius 2 is 1.62 bits per heavy atom. The maximum absolute atomic E-state index is 12.6. The molecule has 2 fully saturated rings. The van der Waals surface area contributed by atoms with Gasteiger partial charge in [-0.2, -0.15) is 0 Å². The van der Waals surface area contributed by atoms with Crippen molar-refractivity contribution in [2.75, 3.05) is 32.8 Å². The molecule has 2 aliphatic rings. The van der Waals surface area contributed by atoms with Crippen LogP contribution in [0.25, 0.3) is 0 Å². The lowest BCUT2D eigenvalue weighted by Crippen LogP contribution is -2.44. The topological polar surface area (TPSA) is 59.1 Å². The lowest BCUT2D eigenvalue weighted by molar-refractivity contribution is 0.0139. The normalized spacial score (nSPS) is 20.3. The molecule has 1 aromatic carbocycles. The van der Waals surface area contributed by atoms with E-state index in [0.717, 1.165) is 51.1 Å². The highest BCUT2D eigenvalue weighted by Gasteiger charge is 2.28. The zero-order valence-corrected chi connectivity index (χ0v) is 18.0. The molecule has 0 N–H and O–H groups in total.